The molecule has 8 heteroatoms. The van der Waals surface area contributed by atoms with Crippen molar-refractivity contribution in [2.24, 2.45) is 5.92 Å². The molecule has 2 saturated heterocycles. The molecule has 1 amide bonds. The van der Waals surface area contributed by atoms with Crippen molar-refractivity contribution < 1.29 is 4.79 Å². The second kappa shape index (κ2) is 10.7. The minimum Gasteiger partial charge on any atom is -0.356 e. The van der Waals surface area contributed by atoms with E-state index in [-0.39, 0.29) is 11.8 Å². The summed E-state index contributed by atoms with van der Waals surface area (Å²) in [4.78, 5) is 17.5. The molecule has 5 rings (SSSR count). The Balaban J connectivity index is 1.20. The van der Waals surface area contributed by atoms with Gasteiger partial charge in [-0.2, -0.15) is 10.2 Å². The van der Waals surface area contributed by atoms with Crippen LogP contribution in [-0.2, 0) is 4.79 Å². The van der Waals surface area contributed by atoms with Gasteiger partial charge in [-0.05, 0) is 77.7 Å². The van der Waals surface area contributed by atoms with E-state index < -0.39 is 0 Å². The van der Waals surface area contributed by atoms with Crippen molar-refractivity contribution in [1.29, 1.82) is 0 Å². The van der Waals surface area contributed by atoms with Gasteiger partial charge >= 0.3 is 0 Å². The van der Waals surface area contributed by atoms with E-state index in [2.05, 4.69) is 44.4 Å². The van der Waals surface area contributed by atoms with Crippen LogP contribution < -0.4 is 10.2 Å². The van der Waals surface area contributed by atoms with Crippen LogP contribution in [0.2, 0.25) is 0 Å². The number of carbonyl (C=O) groups is 1. The number of carbonyl (C=O) groups excluding carboxylic acids is 1. The third-order valence-corrected chi connectivity index (χ3v) is 7.55. The Hall–Kier alpha value is -3.00. The van der Waals surface area contributed by atoms with Gasteiger partial charge in [0.25, 0.3) is 0 Å². The van der Waals surface area contributed by atoms with Crippen LogP contribution in [-0.4, -0.2) is 70.1 Å². The number of amides is 1. The van der Waals surface area contributed by atoms with Crippen LogP contribution in [0.15, 0.2) is 30.3 Å². The Labute approximate surface area is 207 Å². The van der Waals surface area contributed by atoms with E-state index in [4.69, 9.17) is 5.10 Å². The highest BCUT2D eigenvalue weighted by Crippen LogP contribution is 2.31. The summed E-state index contributed by atoms with van der Waals surface area (Å²) in [5, 5.41) is 18.2. The third kappa shape index (κ3) is 5.17. The fraction of sp³-hybridized carbons (Fsp3) is 0.556. The maximum absolute atomic E-state index is 12.8. The van der Waals surface area contributed by atoms with Gasteiger partial charge in [0.05, 0.1) is 22.5 Å². The van der Waals surface area contributed by atoms with Crippen LogP contribution in [0.5, 0.6) is 0 Å². The monoisotopic (exact) mass is 475 g/mol. The van der Waals surface area contributed by atoms with Crippen LogP contribution >= 0.6 is 0 Å². The highest BCUT2D eigenvalue weighted by atomic mass is 16.1. The van der Waals surface area contributed by atoms with Crippen LogP contribution in [0.25, 0.3) is 16.6 Å². The summed E-state index contributed by atoms with van der Waals surface area (Å²) in [6, 6.07) is 10.2. The molecule has 0 saturated carbocycles. The lowest BCUT2D eigenvalue weighted by Gasteiger charge is -2.32. The van der Waals surface area contributed by atoms with Crippen molar-refractivity contribution in [3.05, 3.63) is 41.7 Å². The maximum Gasteiger partial charge on any atom is 0.223 e. The maximum atomic E-state index is 12.8. The minimum absolute atomic E-state index is 0.0683. The second-order valence-corrected chi connectivity index (χ2v) is 9.97. The van der Waals surface area contributed by atoms with Gasteiger partial charge in [-0.25, -0.2) is 4.68 Å². The number of fused-ring (bicyclic) bond motifs is 1. The molecule has 0 aliphatic carbocycles. The number of aromatic nitrogens is 4. The van der Waals surface area contributed by atoms with Gasteiger partial charge in [-0.15, -0.1) is 5.10 Å². The average Bonchev–Trinajstić information content (AvgIpc) is 3.26. The number of piperidine rings is 2. The van der Waals surface area contributed by atoms with Gasteiger partial charge in [0, 0.05) is 25.6 Å². The lowest BCUT2D eigenvalue weighted by atomic mass is 9.95. The van der Waals surface area contributed by atoms with Crippen LogP contribution in [0.3, 0.4) is 0 Å². The Bertz CT molecular complexity index is 1150. The zero-order valence-electron chi connectivity index (χ0n) is 21.0. The number of para-hydroxylation sites is 1. The number of hydrogen-bond donors (Lipinski definition) is 1. The fourth-order valence-electron chi connectivity index (χ4n) is 5.54. The van der Waals surface area contributed by atoms with E-state index in [9.17, 15) is 4.79 Å². The third-order valence-electron chi connectivity index (χ3n) is 7.55. The first-order valence-electron chi connectivity index (χ1n) is 13.1. The molecule has 0 unspecified atom stereocenters. The Morgan fingerprint density at radius 1 is 1.00 bits per heavy atom. The molecule has 2 aromatic heterocycles. The largest absolute Gasteiger partial charge is 0.356 e. The predicted octanol–water partition coefficient (Wildman–Crippen LogP) is 3.64. The lowest BCUT2D eigenvalue weighted by molar-refractivity contribution is -0.125. The molecule has 4 heterocycles. The number of nitrogens with one attached hydrogen (secondary N) is 1. The number of benzene rings is 1. The molecular weight excluding hydrogens is 438 g/mol. The minimum atomic E-state index is 0.0683. The molecule has 0 atom stereocenters. The van der Waals surface area contributed by atoms with E-state index in [1.165, 1.54) is 32.4 Å². The second-order valence-electron chi connectivity index (χ2n) is 9.97. The summed E-state index contributed by atoms with van der Waals surface area (Å²) >= 11 is 0. The normalized spacial score (nSPS) is 17.7. The Kier molecular flexibility index (Phi) is 7.27. The number of rotatable bonds is 7. The van der Waals surface area contributed by atoms with Crippen molar-refractivity contribution in [2.45, 2.75) is 52.4 Å². The van der Waals surface area contributed by atoms with Gasteiger partial charge in [-0.1, -0.05) is 24.6 Å². The highest BCUT2D eigenvalue weighted by molar-refractivity contribution is 5.92. The molecule has 35 heavy (non-hydrogen) atoms. The standard InChI is InChI=1S/C27H37N7O/c1-20-24-21(2)34(23-10-5-3-6-11-23)31-25(24)26(30-29-20)33-18-12-22(13-19-33)27(35)28-14-9-17-32-15-7-4-8-16-32/h3,5-6,10-11,22H,4,7-9,12-19H2,1-2H3,(H,28,35). The quantitative estimate of drug-likeness (QED) is 0.526. The Morgan fingerprint density at radius 3 is 2.49 bits per heavy atom. The summed E-state index contributed by atoms with van der Waals surface area (Å²) in [6.45, 7) is 9.95. The summed E-state index contributed by atoms with van der Waals surface area (Å²) in [5.41, 5.74) is 3.88. The fourth-order valence-corrected chi connectivity index (χ4v) is 5.54. The Morgan fingerprint density at radius 2 is 1.74 bits per heavy atom. The molecule has 0 radical (unpaired) electrons. The van der Waals surface area contributed by atoms with E-state index in [1.807, 2.05) is 29.8 Å². The van der Waals surface area contributed by atoms with E-state index in [1.54, 1.807) is 0 Å². The molecule has 0 bridgehead atoms. The first kappa shape index (κ1) is 23.7. The van der Waals surface area contributed by atoms with Crippen molar-refractivity contribution in [3.8, 4) is 5.69 Å². The summed E-state index contributed by atoms with van der Waals surface area (Å²) in [7, 11) is 0. The van der Waals surface area contributed by atoms with E-state index in [0.717, 1.165) is 79.2 Å². The van der Waals surface area contributed by atoms with E-state index in [0.29, 0.717) is 0 Å². The molecular formula is C27H37N7O. The summed E-state index contributed by atoms with van der Waals surface area (Å²) in [5.74, 6) is 1.09. The lowest BCUT2D eigenvalue weighted by Crippen LogP contribution is -2.41. The van der Waals surface area contributed by atoms with Crippen molar-refractivity contribution >= 4 is 22.6 Å². The number of aryl methyl sites for hydroxylation is 2. The van der Waals surface area contributed by atoms with Crippen molar-refractivity contribution in [2.75, 3.05) is 44.2 Å². The molecule has 2 aliphatic rings. The van der Waals surface area contributed by atoms with Crippen molar-refractivity contribution in [1.82, 2.24) is 30.2 Å². The van der Waals surface area contributed by atoms with Gasteiger partial charge in [0.15, 0.2) is 5.82 Å². The number of anilines is 1. The molecule has 0 spiro atoms. The molecule has 3 aromatic rings. The summed E-state index contributed by atoms with van der Waals surface area (Å²) in [6.07, 6.45) is 6.68. The molecule has 186 valence electrons. The van der Waals surface area contributed by atoms with Gasteiger partial charge in [0.1, 0.15) is 5.52 Å². The first-order chi connectivity index (χ1) is 17.1. The molecule has 8 nitrogen and oxygen atoms in total. The predicted molar refractivity (Wildman–Crippen MR) is 139 cm³/mol. The van der Waals surface area contributed by atoms with Gasteiger partial charge in [0.2, 0.25) is 5.91 Å². The average molecular weight is 476 g/mol. The zero-order valence-corrected chi connectivity index (χ0v) is 21.0. The smallest absolute Gasteiger partial charge is 0.223 e. The highest BCUT2D eigenvalue weighted by Gasteiger charge is 2.28. The van der Waals surface area contributed by atoms with Gasteiger partial charge in [-0.3, -0.25) is 4.79 Å². The van der Waals surface area contributed by atoms with Crippen LogP contribution in [0, 0.1) is 19.8 Å². The van der Waals surface area contributed by atoms with Crippen LogP contribution in [0.4, 0.5) is 5.82 Å². The molecule has 2 fully saturated rings. The first-order valence-corrected chi connectivity index (χ1v) is 13.1. The molecule has 1 N–H and O–H groups in total. The molecule has 1 aromatic carbocycles. The van der Waals surface area contributed by atoms with Crippen molar-refractivity contribution in [3.63, 3.8) is 0 Å². The number of nitrogens with zero attached hydrogens (tertiary/aromatic N) is 6. The summed E-state index contributed by atoms with van der Waals surface area (Å²) < 4.78 is 1.98. The van der Waals surface area contributed by atoms with Gasteiger partial charge < -0.3 is 15.1 Å². The zero-order chi connectivity index (χ0) is 24.2. The SMILES string of the molecule is Cc1nnc(N2CCC(C(=O)NCCCN3CCCCC3)CC2)c2nn(-c3ccccc3)c(C)c12. The van der Waals surface area contributed by atoms with Crippen LogP contribution in [0.1, 0.15) is 49.9 Å². The molecule has 2 aliphatic heterocycles. The van der Waals surface area contributed by atoms with E-state index >= 15 is 0 Å². The number of hydrogen-bond acceptors (Lipinski definition) is 6. The topological polar surface area (TPSA) is 79.2 Å². The number of likely N-dealkylation sites (tertiary alicyclic amines) is 1.